The van der Waals surface area contributed by atoms with Crippen molar-refractivity contribution in [2.24, 2.45) is 0 Å². The number of aromatic carboxylic acids is 1. The number of carboxylic acids is 1. The highest BCUT2D eigenvalue weighted by molar-refractivity contribution is 7.99. The summed E-state index contributed by atoms with van der Waals surface area (Å²) >= 11 is 0.885. The smallest absolute Gasteiger partial charge is 0.335 e. The number of aryl methyl sites for hydroxylation is 1. The molecule has 1 N–H and O–H groups in total. The molecule has 0 radical (unpaired) electrons. The maximum atomic E-state index is 13.5. The molecule has 3 nitrogen and oxygen atoms in total. The summed E-state index contributed by atoms with van der Waals surface area (Å²) < 4.78 is 26.5. The van der Waals surface area contributed by atoms with Crippen molar-refractivity contribution >= 4 is 17.7 Å². The van der Waals surface area contributed by atoms with E-state index in [9.17, 15) is 13.6 Å². The largest absolute Gasteiger partial charge is 0.478 e. The highest BCUT2D eigenvalue weighted by Crippen LogP contribution is 2.29. The molecule has 0 saturated carbocycles. The molecule has 0 atom stereocenters. The summed E-state index contributed by atoms with van der Waals surface area (Å²) in [5.41, 5.74) is 0.561. The Morgan fingerprint density at radius 2 is 2.00 bits per heavy atom. The van der Waals surface area contributed by atoms with Crippen LogP contribution in [0.3, 0.4) is 0 Å². The van der Waals surface area contributed by atoms with Crippen molar-refractivity contribution in [2.45, 2.75) is 16.8 Å². The van der Waals surface area contributed by atoms with Gasteiger partial charge in [0.15, 0.2) is 0 Å². The van der Waals surface area contributed by atoms with Crippen LogP contribution in [0.5, 0.6) is 0 Å². The monoisotopic (exact) mass is 281 g/mol. The fourth-order valence-corrected chi connectivity index (χ4v) is 2.42. The van der Waals surface area contributed by atoms with E-state index in [0.29, 0.717) is 10.7 Å². The third kappa shape index (κ3) is 3.29. The zero-order chi connectivity index (χ0) is 14.0. The third-order valence-corrected chi connectivity index (χ3v) is 3.24. The first-order valence-electron chi connectivity index (χ1n) is 5.30. The van der Waals surface area contributed by atoms with Gasteiger partial charge in [-0.05, 0) is 37.3 Å². The molecular formula is C13H9F2NO2S. The Morgan fingerprint density at radius 3 is 2.68 bits per heavy atom. The Labute approximate surface area is 112 Å². The summed E-state index contributed by atoms with van der Waals surface area (Å²) in [5, 5.41) is 9.23. The van der Waals surface area contributed by atoms with Crippen molar-refractivity contribution in [3.05, 3.63) is 53.2 Å². The number of halogens is 2. The summed E-state index contributed by atoms with van der Waals surface area (Å²) in [7, 11) is 0. The van der Waals surface area contributed by atoms with E-state index in [-0.39, 0.29) is 10.5 Å². The summed E-state index contributed by atoms with van der Waals surface area (Å²) in [6.45, 7) is 1.64. The highest BCUT2D eigenvalue weighted by Gasteiger charge is 2.11. The van der Waals surface area contributed by atoms with Crippen molar-refractivity contribution in [3.8, 4) is 0 Å². The van der Waals surface area contributed by atoms with Crippen molar-refractivity contribution in [3.63, 3.8) is 0 Å². The molecular weight excluding hydrogens is 272 g/mol. The van der Waals surface area contributed by atoms with Gasteiger partial charge in [-0.25, -0.2) is 18.6 Å². The minimum atomic E-state index is -1.09. The number of benzene rings is 1. The van der Waals surface area contributed by atoms with Gasteiger partial charge in [0, 0.05) is 5.69 Å². The lowest BCUT2D eigenvalue weighted by Crippen LogP contribution is -1.99. The Hall–Kier alpha value is -1.95. The average Bonchev–Trinajstić information content (AvgIpc) is 2.33. The van der Waals surface area contributed by atoms with Gasteiger partial charge in [-0.15, -0.1) is 0 Å². The van der Waals surface area contributed by atoms with Crippen molar-refractivity contribution < 1.29 is 18.7 Å². The normalized spacial score (nSPS) is 10.5. The van der Waals surface area contributed by atoms with Crippen molar-refractivity contribution in [1.82, 2.24) is 4.98 Å². The van der Waals surface area contributed by atoms with Crippen LogP contribution < -0.4 is 0 Å². The number of aromatic nitrogens is 1. The van der Waals surface area contributed by atoms with E-state index in [1.54, 1.807) is 6.92 Å². The van der Waals surface area contributed by atoms with Crippen LogP contribution in [-0.2, 0) is 0 Å². The zero-order valence-corrected chi connectivity index (χ0v) is 10.7. The van der Waals surface area contributed by atoms with Gasteiger partial charge in [0.25, 0.3) is 0 Å². The van der Waals surface area contributed by atoms with Gasteiger partial charge in [0.05, 0.1) is 10.5 Å². The van der Waals surface area contributed by atoms with E-state index in [1.807, 2.05) is 0 Å². The van der Waals surface area contributed by atoms with Crippen LogP contribution in [0.15, 0.2) is 40.3 Å². The molecule has 0 fully saturated rings. The average molecular weight is 281 g/mol. The van der Waals surface area contributed by atoms with Gasteiger partial charge in [-0.2, -0.15) is 0 Å². The lowest BCUT2D eigenvalue weighted by Gasteiger charge is -2.05. The molecule has 2 aromatic rings. The number of hydrogen-bond donors (Lipinski definition) is 1. The molecule has 6 heteroatoms. The van der Waals surface area contributed by atoms with Crippen molar-refractivity contribution in [2.75, 3.05) is 0 Å². The maximum Gasteiger partial charge on any atom is 0.335 e. The number of pyridine rings is 1. The van der Waals surface area contributed by atoms with Crippen LogP contribution in [-0.4, -0.2) is 16.1 Å². The first-order chi connectivity index (χ1) is 8.95. The molecule has 0 aliphatic carbocycles. The molecule has 0 saturated heterocycles. The van der Waals surface area contributed by atoms with E-state index in [2.05, 4.69) is 4.98 Å². The van der Waals surface area contributed by atoms with Crippen LogP contribution >= 0.6 is 11.8 Å². The number of carboxylic acid groups (broad SMARTS) is 1. The van der Waals surface area contributed by atoms with E-state index >= 15 is 0 Å². The SMILES string of the molecule is Cc1cc(C(=O)O)cc(Sc2cc(F)ccc2F)n1. The van der Waals surface area contributed by atoms with Gasteiger partial charge in [0.2, 0.25) is 0 Å². The van der Waals surface area contributed by atoms with Gasteiger partial charge < -0.3 is 5.11 Å². The number of nitrogens with zero attached hydrogens (tertiary/aromatic N) is 1. The molecule has 0 aliphatic heterocycles. The molecule has 0 aliphatic rings. The predicted molar refractivity (Wildman–Crippen MR) is 66.4 cm³/mol. The topological polar surface area (TPSA) is 50.2 Å². The zero-order valence-electron chi connectivity index (χ0n) is 9.85. The van der Waals surface area contributed by atoms with E-state index in [4.69, 9.17) is 5.11 Å². The number of carbonyl (C=O) groups is 1. The van der Waals surface area contributed by atoms with Crippen LogP contribution in [0.1, 0.15) is 16.1 Å². The van der Waals surface area contributed by atoms with Crippen LogP contribution in [0.4, 0.5) is 8.78 Å². The quantitative estimate of drug-likeness (QED) is 0.935. The second-order valence-corrected chi connectivity index (χ2v) is 4.88. The minimum absolute atomic E-state index is 0.0619. The molecule has 2 rings (SSSR count). The minimum Gasteiger partial charge on any atom is -0.478 e. The van der Waals surface area contributed by atoms with Crippen LogP contribution in [0.2, 0.25) is 0 Å². The molecule has 0 bridgehead atoms. The van der Waals surface area contributed by atoms with Crippen LogP contribution in [0, 0.1) is 18.6 Å². The van der Waals surface area contributed by atoms with E-state index in [1.165, 1.54) is 12.1 Å². The predicted octanol–water partition coefficient (Wildman–Crippen LogP) is 3.52. The molecule has 98 valence electrons. The summed E-state index contributed by atoms with van der Waals surface area (Å²) in [6, 6.07) is 5.82. The first-order valence-corrected chi connectivity index (χ1v) is 6.12. The number of hydrogen-bond acceptors (Lipinski definition) is 3. The molecule has 1 heterocycles. The molecule has 0 unspecified atom stereocenters. The third-order valence-electron chi connectivity index (χ3n) is 2.28. The van der Waals surface area contributed by atoms with E-state index in [0.717, 1.165) is 30.0 Å². The summed E-state index contributed by atoms with van der Waals surface area (Å²) in [5.74, 6) is -2.23. The highest BCUT2D eigenvalue weighted by atomic mass is 32.2. The van der Waals surface area contributed by atoms with Gasteiger partial charge in [0.1, 0.15) is 16.7 Å². The fraction of sp³-hybridized carbons (Fsp3) is 0.0769. The second kappa shape index (κ2) is 5.36. The summed E-state index contributed by atoms with van der Waals surface area (Å²) in [6.07, 6.45) is 0. The Balaban J connectivity index is 2.38. The Kier molecular flexibility index (Phi) is 3.80. The maximum absolute atomic E-state index is 13.5. The molecule has 1 aromatic heterocycles. The first kappa shape index (κ1) is 13.5. The fourth-order valence-electron chi connectivity index (χ4n) is 1.48. The molecule has 0 spiro atoms. The standard InChI is InChI=1S/C13H9F2NO2S/c1-7-4-8(13(17)18)5-12(16-7)19-11-6-9(14)2-3-10(11)15/h2-6H,1H3,(H,17,18). The Bertz CT molecular complexity index is 647. The Morgan fingerprint density at radius 1 is 1.26 bits per heavy atom. The van der Waals surface area contributed by atoms with Crippen molar-refractivity contribution in [1.29, 1.82) is 0 Å². The molecule has 1 aromatic carbocycles. The molecule has 19 heavy (non-hydrogen) atoms. The van der Waals surface area contributed by atoms with Gasteiger partial charge in [-0.3, -0.25) is 0 Å². The second-order valence-electron chi connectivity index (χ2n) is 3.82. The van der Waals surface area contributed by atoms with Crippen LogP contribution in [0.25, 0.3) is 0 Å². The lowest BCUT2D eigenvalue weighted by atomic mass is 10.2. The number of rotatable bonds is 3. The lowest BCUT2D eigenvalue weighted by molar-refractivity contribution is 0.0696. The van der Waals surface area contributed by atoms with Gasteiger partial charge >= 0.3 is 5.97 Å². The van der Waals surface area contributed by atoms with E-state index < -0.39 is 17.6 Å². The molecule has 0 amide bonds. The van der Waals surface area contributed by atoms with Gasteiger partial charge in [-0.1, -0.05) is 11.8 Å². The summed E-state index contributed by atoms with van der Waals surface area (Å²) in [4.78, 5) is 15.1.